The van der Waals surface area contributed by atoms with Gasteiger partial charge in [0.1, 0.15) is 11.5 Å². The van der Waals surface area contributed by atoms with Gasteiger partial charge < -0.3 is 21.3 Å². The van der Waals surface area contributed by atoms with Gasteiger partial charge in [-0.25, -0.2) is 0 Å². The lowest BCUT2D eigenvalue weighted by atomic mass is 9.92. The van der Waals surface area contributed by atoms with Crippen molar-refractivity contribution in [2.24, 2.45) is 5.73 Å². The van der Waals surface area contributed by atoms with Crippen LogP contribution in [0.1, 0.15) is 31.2 Å². The number of benzene rings is 1. The van der Waals surface area contributed by atoms with E-state index in [0.717, 1.165) is 31.2 Å². The van der Waals surface area contributed by atoms with Crippen molar-refractivity contribution in [1.82, 2.24) is 5.32 Å². The molecule has 0 radical (unpaired) electrons. The Hall–Kier alpha value is -1.26. The van der Waals surface area contributed by atoms with Gasteiger partial charge in [0.15, 0.2) is 0 Å². The first kappa shape index (κ1) is 12.2. The van der Waals surface area contributed by atoms with E-state index in [0.29, 0.717) is 18.6 Å². The average molecular weight is 236 g/mol. The maximum atomic E-state index is 9.64. The first-order valence-electron chi connectivity index (χ1n) is 6.15. The molecule has 1 aliphatic carbocycles. The predicted octanol–water partition coefficient (Wildman–Crippen LogP) is 1.46. The van der Waals surface area contributed by atoms with Crippen LogP contribution in [0.25, 0.3) is 0 Å². The molecule has 0 atom stereocenters. The minimum atomic E-state index is 0.0925. The van der Waals surface area contributed by atoms with Gasteiger partial charge in [-0.2, -0.15) is 0 Å². The molecular weight excluding hydrogens is 216 g/mol. The van der Waals surface area contributed by atoms with Crippen molar-refractivity contribution in [3.63, 3.8) is 0 Å². The molecular formula is C13H20N2O2. The summed E-state index contributed by atoms with van der Waals surface area (Å²) in [5, 5.41) is 22.3. The molecule has 94 valence electrons. The summed E-state index contributed by atoms with van der Waals surface area (Å²) in [4.78, 5) is 0. The van der Waals surface area contributed by atoms with Crippen LogP contribution in [0.3, 0.4) is 0 Å². The number of phenols is 2. The lowest BCUT2D eigenvalue weighted by Gasteiger charge is -2.27. The number of phenolic OH excluding ortho intramolecular Hbond substituents is 2. The third-order valence-electron chi connectivity index (χ3n) is 3.42. The first-order valence-corrected chi connectivity index (χ1v) is 6.15. The lowest BCUT2D eigenvalue weighted by molar-refractivity contribution is 0.339. The zero-order valence-corrected chi connectivity index (χ0v) is 9.89. The molecule has 4 nitrogen and oxygen atoms in total. The molecule has 0 spiro atoms. The van der Waals surface area contributed by atoms with E-state index in [4.69, 9.17) is 5.73 Å². The van der Waals surface area contributed by atoms with Gasteiger partial charge in [-0.15, -0.1) is 0 Å². The van der Waals surface area contributed by atoms with Gasteiger partial charge >= 0.3 is 0 Å². The molecule has 4 heteroatoms. The molecule has 0 heterocycles. The molecule has 1 aromatic carbocycles. The molecule has 0 saturated heterocycles. The number of nitrogens with two attached hydrogens (primary N) is 1. The highest BCUT2D eigenvalue weighted by Gasteiger charge is 2.18. The minimum Gasteiger partial charge on any atom is -0.508 e. The molecule has 1 aliphatic rings. The van der Waals surface area contributed by atoms with Crippen molar-refractivity contribution in [2.45, 2.75) is 44.3 Å². The van der Waals surface area contributed by atoms with Crippen LogP contribution in [-0.4, -0.2) is 22.3 Å². The average Bonchev–Trinajstić information content (AvgIpc) is 2.30. The Morgan fingerprint density at radius 2 is 1.88 bits per heavy atom. The van der Waals surface area contributed by atoms with Gasteiger partial charge in [0.05, 0.1) is 0 Å². The first-order chi connectivity index (χ1) is 8.15. The third kappa shape index (κ3) is 3.35. The number of aromatic hydroxyl groups is 2. The molecule has 0 aliphatic heterocycles. The number of rotatable bonds is 3. The van der Waals surface area contributed by atoms with Gasteiger partial charge in [-0.1, -0.05) is 6.07 Å². The highest BCUT2D eigenvalue weighted by Crippen LogP contribution is 2.23. The van der Waals surface area contributed by atoms with Gasteiger partial charge in [0.2, 0.25) is 0 Å². The molecule has 2 rings (SSSR count). The zero-order chi connectivity index (χ0) is 12.3. The minimum absolute atomic E-state index is 0.0925. The van der Waals surface area contributed by atoms with Crippen molar-refractivity contribution in [1.29, 1.82) is 0 Å². The van der Waals surface area contributed by atoms with E-state index in [9.17, 15) is 10.2 Å². The maximum Gasteiger partial charge on any atom is 0.123 e. The standard InChI is InChI=1S/C13H20N2O2/c14-10-2-4-11(5-3-10)15-8-9-1-6-12(16)7-13(9)17/h1,6-7,10-11,15-17H,2-5,8,14H2. The lowest BCUT2D eigenvalue weighted by Crippen LogP contribution is -2.37. The molecule has 17 heavy (non-hydrogen) atoms. The molecule has 1 aromatic rings. The molecule has 0 unspecified atom stereocenters. The zero-order valence-electron chi connectivity index (χ0n) is 9.89. The Kier molecular flexibility index (Phi) is 3.86. The summed E-state index contributed by atoms with van der Waals surface area (Å²) in [5.74, 6) is 0.236. The predicted molar refractivity (Wildman–Crippen MR) is 66.8 cm³/mol. The molecule has 0 aromatic heterocycles. The maximum absolute atomic E-state index is 9.64. The van der Waals surface area contributed by atoms with E-state index < -0.39 is 0 Å². The fourth-order valence-electron chi connectivity index (χ4n) is 2.28. The summed E-state index contributed by atoms with van der Waals surface area (Å²) in [6.07, 6.45) is 4.33. The van der Waals surface area contributed by atoms with Crippen LogP contribution in [0, 0.1) is 0 Å². The normalized spacial score (nSPS) is 24.8. The SMILES string of the molecule is NC1CCC(NCc2ccc(O)cc2O)CC1. The van der Waals surface area contributed by atoms with E-state index in [1.165, 1.54) is 6.07 Å². The van der Waals surface area contributed by atoms with Crippen molar-refractivity contribution >= 4 is 0 Å². The second kappa shape index (κ2) is 5.38. The smallest absolute Gasteiger partial charge is 0.123 e. The van der Waals surface area contributed by atoms with Crippen molar-refractivity contribution in [3.05, 3.63) is 23.8 Å². The fraction of sp³-hybridized carbons (Fsp3) is 0.538. The van der Waals surface area contributed by atoms with Crippen LogP contribution in [0.5, 0.6) is 11.5 Å². The molecule has 1 saturated carbocycles. The molecule has 5 N–H and O–H groups in total. The molecule has 1 fully saturated rings. The number of nitrogens with one attached hydrogen (secondary N) is 1. The van der Waals surface area contributed by atoms with E-state index in [-0.39, 0.29) is 11.5 Å². The Morgan fingerprint density at radius 3 is 2.53 bits per heavy atom. The summed E-state index contributed by atoms with van der Waals surface area (Å²) in [6.45, 7) is 0.631. The Morgan fingerprint density at radius 1 is 1.18 bits per heavy atom. The van der Waals surface area contributed by atoms with Gasteiger partial charge in [-0.3, -0.25) is 0 Å². The van der Waals surface area contributed by atoms with Gasteiger partial charge in [-0.05, 0) is 31.7 Å². The van der Waals surface area contributed by atoms with E-state index in [2.05, 4.69) is 5.32 Å². The van der Waals surface area contributed by atoms with Crippen LogP contribution < -0.4 is 11.1 Å². The highest BCUT2D eigenvalue weighted by atomic mass is 16.3. The summed E-state index contributed by atoms with van der Waals surface area (Å²) in [7, 11) is 0. The van der Waals surface area contributed by atoms with Crippen LogP contribution in [-0.2, 0) is 6.54 Å². The van der Waals surface area contributed by atoms with Gasteiger partial charge in [0.25, 0.3) is 0 Å². The fourth-order valence-corrected chi connectivity index (χ4v) is 2.28. The highest BCUT2D eigenvalue weighted by molar-refractivity contribution is 5.38. The van der Waals surface area contributed by atoms with Gasteiger partial charge in [0, 0.05) is 30.3 Å². The topological polar surface area (TPSA) is 78.5 Å². The van der Waals surface area contributed by atoms with Crippen molar-refractivity contribution < 1.29 is 10.2 Å². The Labute approximate surface area is 101 Å². The molecule has 0 amide bonds. The monoisotopic (exact) mass is 236 g/mol. The summed E-state index contributed by atoms with van der Waals surface area (Å²) < 4.78 is 0. The van der Waals surface area contributed by atoms with Crippen LogP contribution in [0.15, 0.2) is 18.2 Å². The summed E-state index contributed by atoms with van der Waals surface area (Å²) in [6, 6.07) is 5.55. The van der Waals surface area contributed by atoms with E-state index in [1.807, 2.05) is 0 Å². The second-order valence-electron chi connectivity index (χ2n) is 4.81. The van der Waals surface area contributed by atoms with Crippen LogP contribution >= 0.6 is 0 Å². The quantitative estimate of drug-likeness (QED) is 0.640. The largest absolute Gasteiger partial charge is 0.508 e. The van der Waals surface area contributed by atoms with Crippen LogP contribution in [0.2, 0.25) is 0 Å². The van der Waals surface area contributed by atoms with Crippen molar-refractivity contribution in [3.8, 4) is 11.5 Å². The Balaban J connectivity index is 1.85. The van der Waals surface area contributed by atoms with E-state index >= 15 is 0 Å². The summed E-state index contributed by atoms with van der Waals surface area (Å²) >= 11 is 0. The second-order valence-corrected chi connectivity index (χ2v) is 4.81. The van der Waals surface area contributed by atoms with Crippen molar-refractivity contribution in [2.75, 3.05) is 0 Å². The third-order valence-corrected chi connectivity index (χ3v) is 3.42. The summed E-state index contributed by atoms with van der Waals surface area (Å²) in [5.41, 5.74) is 6.67. The molecule has 0 bridgehead atoms. The van der Waals surface area contributed by atoms with E-state index in [1.54, 1.807) is 12.1 Å². The number of hydrogen-bond donors (Lipinski definition) is 4. The Bertz CT molecular complexity index is 374. The van der Waals surface area contributed by atoms with Crippen LogP contribution in [0.4, 0.5) is 0 Å². The number of hydrogen-bond acceptors (Lipinski definition) is 4.